The van der Waals surface area contributed by atoms with Gasteiger partial charge >= 0.3 is 0 Å². The van der Waals surface area contributed by atoms with Gasteiger partial charge in [0, 0.05) is 20.1 Å². The van der Waals surface area contributed by atoms with E-state index in [1.807, 2.05) is 26.2 Å². The summed E-state index contributed by atoms with van der Waals surface area (Å²) in [6.45, 7) is 6.27. The van der Waals surface area contributed by atoms with Gasteiger partial charge in [-0.25, -0.2) is 0 Å². The zero-order chi connectivity index (χ0) is 15.0. The lowest BCUT2D eigenvalue weighted by Crippen LogP contribution is -2.33. The van der Waals surface area contributed by atoms with Crippen molar-refractivity contribution in [3.63, 3.8) is 0 Å². The first-order valence-electron chi connectivity index (χ1n) is 7.16. The summed E-state index contributed by atoms with van der Waals surface area (Å²) in [7, 11) is 3.69. The second-order valence-corrected chi connectivity index (χ2v) is 5.24. The standard InChI is InChI=1S/C16H26N2O2/c1-13(2)14-5-7-15(8-6-14)20-12-9-16(19)18(4)11-10-17-3/h5-8,13,17H,9-12H2,1-4H3. The van der Waals surface area contributed by atoms with Gasteiger partial charge in [0.15, 0.2) is 0 Å². The molecule has 0 spiro atoms. The fraction of sp³-hybridized carbons (Fsp3) is 0.562. The highest BCUT2D eigenvalue weighted by molar-refractivity contribution is 5.75. The van der Waals surface area contributed by atoms with Crippen molar-refractivity contribution in [1.82, 2.24) is 10.2 Å². The molecule has 1 aromatic rings. The highest BCUT2D eigenvalue weighted by Gasteiger charge is 2.08. The van der Waals surface area contributed by atoms with Gasteiger partial charge in [-0.2, -0.15) is 0 Å². The third-order valence-electron chi connectivity index (χ3n) is 3.25. The van der Waals surface area contributed by atoms with Crippen molar-refractivity contribution in [2.45, 2.75) is 26.2 Å². The lowest BCUT2D eigenvalue weighted by molar-refractivity contribution is -0.130. The van der Waals surface area contributed by atoms with Crippen LogP contribution in [0.3, 0.4) is 0 Å². The summed E-state index contributed by atoms with van der Waals surface area (Å²) < 4.78 is 5.60. The Balaban J connectivity index is 2.31. The number of likely N-dealkylation sites (N-methyl/N-ethyl adjacent to an activating group) is 2. The third kappa shape index (κ3) is 5.61. The SMILES string of the molecule is CNCCN(C)C(=O)CCOc1ccc(C(C)C)cc1. The number of hydrogen-bond donors (Lipinski definition) is 1. The number of carbonyl (C=O) groups is 1. The molecule has 0 aromatic heterocycles. The minimum atomic E-state index is 0.110. The number of carbonyl (C=O) groups excluding carboxylic acids is 1. The molecule has 0 aliphatic carbocycles. The molecule has 20 heavy (non-hydrogen) atoms. The van der Waals surface area contributed by atoms with Crippen LogP contribution in [0, 0.1) is 0 Å². The van der Waals surface area contributed by atoms with Gasteiger partial charge in [0.25, 0.3) is 0 Å². The van der Waals surface area contributed by atoms with Crippen molar-refractivity contribution in [3.05, 3.63) is 29.8 Å². The smallest absolute Gasteiger partial charge is 0.225 e. The molecular formula is C16H26N2O2. The molecule has 4 heteroatoms. The molecule has 0 aliphatic rings. The summed E-state index contributed by atoms with van der Waals surface area (Å²) in [4.78, 5) is 13.5. The number of ether oxygens (including phenoxy) is 1. The van der Waals surface area contributed by atoms with Gasteiger partial charge in [-0.1, -0.05) is 26.0 Å². The highest BCUT2D eigenvalue weighted by atomic mass is 16.5. The third-order valence-corrected chi connectivity index (χ3v) is 3.25. The van der Waals surface area contributed by atoms with Gasteiger partial charge < -0.3 is 15.0 Å². The lowest BCUT2D eigenvalue weighted by atomic mass is 10.0. The van der Waals surface area contributed by atoms with E-state index in [4.69, 9.17) is 4.74 Å². The van der Waals surface area contributed by atoms with E-state index < -0.39 is 0 Å². The van der Waals surface area contributed by atoms with Crippen molar-refractivity contribution in [2.75, 3.05) is 33.8 Å². The fourth-order valence-electron chi connectivity index (χ4n) is 1.80. The molecule has 0 aliphatic heterocycles. The van der Waals surface area contributed by atoms with Crippen molar-refractivity contribution in [1.29, 1.82) is 0 Å². The van der Waals surface area contributed by atoms with Crippen LogP contribution in [0.15, 0.2) is 24.3 Å². The van der Waals surface area contributed by atoms with Gasteiger partial charge in [-0.05, 0) is 30.7 Å². The van der Waals surface area contributed by atoms with Gasteiger partial charge in [-0.15, -0.1) is 0 Å². The van der Waals surface area contributed by atoms with Crippen LogP contribution in [0.5, 0.6) is 5.75 Å². The normalized spacial score (nSPS) is 10.7. The van der Waals surface area contributed by atoms with Gasteiger partial charge in [0.05, 0.1) is 13.0 Å². The maximum absolute atomic E-state index is 11.8. The maximum Gasteiger partial charge on any atom is 0.225 e. The number of hydrogen-bond acceptors (Lipinski definition) is 3. The van der Waals surface area contributed by atoms with Crippen LogP contribution in [0.2, 0.25) is 0 Å². The molecule has 1 rings (SSSR count). The molecular weight excluding hydrogens is 252 g/mol. The summed E-state index contributed by atoms with van der Waals surface area (Å²) in [5.74, 6) is 1.45. The van der Waals surface area contributed by atoms with Crippen LogP contribution in [0.4, 0.5) is 0 Å². The second-order valence-electron chi connectivity index (χ2n) is 5.24. The topological polar surface area (TPSA) is 41.6 Å². The average molecular weight is 278 g/mol. The first kappa shape index (κ1) is 16.5. The van der Waals surface area contributed by atoms with E-state index in [0.717, 1.165) is 18.8 Å². The van der Waals surface area contributed by atoms with Crippen molar-refractivity contribution >= 4 is 5.91 Å². The van der Waals surface area contributed by atoms with Crippen LogP contribution < -0.4 is 10.1 Å². The number of benzene rings is 1. The Kier molecular flexibility index (Phi) is 7.09. The molecule has 0 saturated carbocycles. The Hall–Kier alpha value is -1.55. The molecule has 1 N–H and O–H groups in total. The van der Waals surface area contributed by atoms with Crippen molar-refractivity contribution in [2.24, 2.45) is 0 Å². The predicted octanol–water partition coefficient (Wildman–Crippen LogP) is 2.26. The van der Waals surface area contributed by atoms with Gasteiger partial charge in [0.1, 0.15) is 5.75 Å². The predicted molar refractivity (Wildman–Crippen MR) is 82.2 cm³/mol. The molecule has 0 fully saturated rings. The van der Waals surface area contributed by atoms with Crippen LogP contribution in [0.1, 0.15) is 31.7 Å². The number of rotatable bonds is 8. The van der Waals surface area contributed by atoms with E-state index in [1.165, 1.54) is 5.56 Å². The van der Waals surface area contributed by atoms with E-state index in [2.05, 4.69) is 31.3 Å². The zero-order valence-corrected chi connectivity index (χ0v) is 13.0. The molecule has 0 unspecified atom stereocenters. The van der Waals surface area contributed by atoms with E-state index >= 15 is 0 Å². The molecule has 1 amide bonds. The lowest BCUT2D eigenvalue weighted by Gasteiger charge is -2.17. The minimum Gasteiger partial charge on any atom is -0.493 e. The van der Waals surface area contributed by atoms with E-state index in [9.17, 15) is 4.79 Å². The van der Waals surface area contributed by atoms with Crippen LogP contribution in [-0.2, 0) is 4.79 Å². The molecule has 0 atom stereocenters. The summed E-state index contributed by atoms with van der Waals surface area (Å²) in [6, 6.07) is 8.07. The second kappa shape index (κ2) is 8.59. The number of amides is 1. The first-order valence-corrected chi connectivity index (χ1v) is 7.16. The Morgan fingerprint density at radius 1 is 1.30 bits per heavy atom. The van der Waals surface area contributed by atoms with Crippen LogP contribution in [-0.4, -0.2) is 44.6 Å². The average Bonchev–Trinajstić information content (AvgIpc) is 2.45. The minimum absolute atomic E-state index is 0.110. The van der Waals surface area contributed by atoms with Crippen molar-refractivity contribution in [3.8, 4) is 5.75 Å². The molecule has 112 valence electrons. The molecule has 0 saturated heterocycles. The highest BCUT2D eigenvalue weighted by Crippen LogP contribution is 2.18. The Morgan fingerprint density at radius 2 is 1.95 bits per heavy atom. The Morgan fingerprint density at radius 3 is 2.50 bits per heavy atom. The van der Waals surface area contributed by atoms with Crippen LogP contribution in [0.25, 0.3) is 0 Å². The summed E-state index contributed by atoms with van der Waals surface area (Å²) in [6.07, 6.45) is 0.409. The number of nitrogens with one attached hydrogen (secondary N) is 1. The van der Waals surface area contributed by atoms with Gasteiger partial charge in [0.2, 0.25) is 5.91 Å². The Labute approximate surface area is 122 Å². The molecule has 0 heterocycles. The molecule has 1 aromatic carbocycles. The zero-order valence-electron chi connectivity index (χ0n) is 13.0. The molecule has 0 bridgehead atoms. The van der Waals surface area contributed by atoms with Crippen LogP contribution >= 0.6 is 0 Å². The largest absolute Gasteiger partial charge is 0.493 e. The van der Waals surface area contributed by atoms with E-state index in [-0.39, 0.29) is 5.91 Å². The maximum atomic E-state index is 11.8. The quantitative estimate of drug-likeness (QED) is 0.793. The van der Waals surface area contributed by atoms with Gasteiger partial charge in [-0.3, -0.25) is 4.79 Å². The molecule has 0 radical (unpaired) electrons. The fourth-order valence-corrected chi connectivity index (χ4v) is 1.80. The van der Waals surface area contributed by atoms with Crippen molar-refractivity contribution < 1.29 is 9.53 Å². The summed E-state index contributed by atoms with van der Waals surface area (Å²) in [5, 5.41) is 3.02. The van der Waals surface area contributed by atoms with E-state index in [1.54, 1.807) is 4.90 Å². The summed E-state index contributed by atoms with van der Waals surface area (Å²) in [5.41, 5.74) is 1.29. The monoisotopic (exact) mass is 278 g/mol. The summed E-state index contributed by atoms with van der Waals surface area (Å²) >= 11 is 0. The Bertz CT molecular complexity index is 401. The van der Waals surface area contributed by atoms with E-state index in [0.29, 0.717) is 18.9 Å². The molecule has 4 nitrogen and oxygen atoms in total. The first-order chi connectivity index (χ1) is 9.54. The number of nitrogens with zero attached hydrogens (tertiary/aromatic N) is 1.